The Bertz CT molecular complexity index is 87.6. The van der Waals surface area contributed by atoms with Crippen LogP contribution in [0.15, 0.2) is 0 Å². The monoisotopic (exact) mass is 157 g/mol. The van der Waals surface area contributed by atoms with Gasteiger partial charge in [0.15, 0.2) is 0 Å². The van der Waals surface area contributed by atoms with Crippen LogP contribution in [-0.2, 0) is 0 Å². The second-order valence-corrected chi connectivity index (χ2v) is 3.41. The van der Waals surface area contributed by atoms with Crippen molar-refractivity contribution >= 4 is 0 Å². The molecule has 66 valence electrons. The lowest BCUT2D eigenvalue weighted by Crippen LogP contribution is -2.14. The van der Waals surface area contributed by atoms with Crippen molar-refractivity contribution < 1.29 is 5.11 Å². The highest BCUT2D eigenvalue weighted by Gasteiger charge is 2.10. The second-order valence-electron chi connectivity index (χ2n) is 3.41. The predicted octanol–water partition coefficient (Wildman–Crippen LogP) is 1.15. The maximum atomic E-state index is 8.65. The molecule has 0 spiro atoms. The maximum absolute atomic E-state index is 8.65. The minimum absolute atomic E-state index is 0.365. The van der Waals surface area contributed by atoms with Gasteiger partial charge in [-0.15, -0.1) is 0 Å². The van der Waals surface area contributed by atoms with Gasteiger partial charge in [0.1, 0.15) is 0 Å². The van der Waals surface area contributed by atoms with Gasteiger partial charge in [0.25, 0.3) is 0 Å². The Kier molecular flexibility index (Phi) is 4.55. The average molecular weight is 157 g/mol. The quantitative estimate of drug-likeness (QED) is 0.644. The van der Waals surface area contributed by atoms with Crippen LogP contribution in [0.2, 0.25) is 0 Å². The van der Waals surface area contributed by atoms with Crippen LogP contribution < -0.4 is 5.32 Å². The lowest BCUT2D eigenvalue weighted by molar-refractivity contribution is 0.267. The van der Waals surface area contributed by atoms with Gasteiger partial charge in [0.05, 0.1) is 0 Å². The summed E-state index contributed by atoms with van der Waals surface area (Å²) in [6.45, 7) is 2.73. The van der Waals surface area contributed by atoms with Crippen molar-refractivity contribution in [3.05, 3.63) is 0 Å². The zero-order valence-corrected chi connectivity index (χ0v) is 7.18. The molecule has 0 unspecified atom stereocenters. The van der Waals surface area contributed by atoms with Crippen LogP contribution in [0.1, 0.15) is 32.1 Å². The van der Waals surface area contributed by atoms with Crippen molar-refractivity contribution in [3.63, 3.8) is 0 Å². The molecule has 1 rings (SSSR count). The van der Waals surface area contributed by atoms with Gasteiger partial charge in [0, 0.05) is 6.61 Å². The van der Waals surface area contributed by atoms with Crippen LogP contribution in [0, 0.1) is 5.92 Å². The average Bonchev–Trinajstić information content (AvgIpc) is 2.28. The largest absolute Gasteiger partial charge is 0.396 e. The summed E-state index contributed by atoms with van der Waals surface area (Å²) >= 11 is 0. The molecular weight excluding hydrogens is 138 g/mol. The highest BCUT2D eigenvalue weighted by atomic mass is 16.2. The van der Waals surface area contributed by atoms with E-state index in [2.05, 4.69) is 5.32 Å². The first kappa shape index (κ1) is 9.01. The summed E-state index contributed by atoms with van der Waals surface area (Å²) in [5.41, 5.74) is 0. The van der Waals surface area contributed by atoms with Crippen LogP contribution >= 0.6 is 0 Å². The molecule has 2 N–H and O–H groups in total. The minimum Gasteiger partial charge on any atom is -0.396 e. The van der Waals surface area contributed by atoms with Crippen LogP contribution in [-0.4, -0.2) is 24.8 Å². The van der Waals surface area contributed by atoms with Gasteiger partial charge in [-0.2, -0.15) is 0 Å². The molecule has 1 heterocycles. The third-order valence-corrected chi connectivity index (χ3v) is 2.47. The first-order valence-electron chi connectivity index (χ1n) is 4.75. The number of aliphatic hydroxyl groups is 1. The van der Waals surface area contributed by atoms with Crippen LogP contribution in [0.25, 0.3) is 0 Å². The molecule has 0 aliphatic carbocycles. The Morgan fingerprint density at radius 2 is 2.18 bits per heavy atom. The van der Waals surface area contributed by atoms with Crippen LogP contribution in [0.4, 0.5) is 0 Å². The Labute approximate surface area is 69.0 Å². The molecule has 2 heteroatoms. The molecule has 1 fully saturated rings. The Balaban J connectivity index is 2.09. The fraction of sp³-hybridized carbons (Fsp3) is 1.00. The fourth-order valence-electron chi connectivity index (χ4n) is 1.76. The van der Waals surface area contributed by atoms with E-state index in [-0.39, 0.29) is 0 Å². The fourth-order valence-corrected chi connectivity index (χ4v) is 1.76. The van der Waals surface area contributed by atoms with Crippen molar-refractivity contribution in [2.24, 2.45) is 5.92 Å². The second kappa shape index (κ2) is 5.56. The number of rotatable bonds is 3. The predicted molar refractivity (Wildman–Crippen MR) is 46.5 cm³/mol. The molecule has 0 radical (unpaired) electrons. The van der Waals surface area contributed by atoms with Gasteiger partial charge >= 0.3 is 0 Å². The topological polar surface area (TPSA) is 32.3 Å². The van der Waals surface area contributed by atoms with Crippen LogP contribution in [0.3, 0.4) is 0 Å². The van der Waals surface area contributed by atoms with E-state index >= 15 is 0 Å². The number of hydrogen-bond donors (Lipinski definition) is 2. The van der Waals surface area contributed by atoms with Crippen molar-refractivity contribution in [3.8, 4) is 0 Å². The molecule has 1 aliphatic heterocycles. The number of nitrogens with one attached hydrogen (secondary N) is 1. The van der Waals surface area contributed by atoms with Gasteiger partial charge in [-0.1, -0.05) is 0 Å². The van der Waals surface area contributed by atoms with E-state index in [1.807, 2.05) is 0 Å². The summed E-state index contributed by atoms with van der Waals surface area (Å²) in [6.07, 6.45) is 6.19. The molecule has 0 aromatic rings. The molecule has 0 aromatic carbocycles. The Morgan fingerprint density at radius 1 is 1.27 bits per heavy atom. The van der Waals surface area contributed by atoms with E-state index in [1.165, 1.54) is 38.8 Å². The van der Waals surface area contributed by atoms with E-state index in [4.69, 9.17) is 5.11 Å². The molecule has 0 saturated carbocycles. The van der Waals surface area contributed by atoms with E-state index in [1.54, 1.807) is 0 Å². The molecule has 1 saturated heterocycles. The summed E-state index contributed by atoms with van der Waals surface area (Å²) in [7, 11) is 0. The Morgan fingerprint density at radius 3 is 3.00 bits per heavy atom. The van der Waals surface area contributed by atoms with E-state index in [0.717, 1.165) is 12.3 Å². The molecule has 0 bridgehead atoms. The molecule has 2 nitrogen and oxygen atoms in total. The first-order chi connectivity index (χ1) is 5.43. The van der Waals surface area contributed by atoms with Crippen molar-refractivity contribution in [1.29, 1.82) is 0 Å². The van der Waals surface area contributed by atoms with Crippen LogP contribution in [0.5, 0.6) is 0 Å². The third kappa shape index (κ3) is 3.73. The molecule has 1 aliphatic rings. The maximum Gasteiger partial charge on any atom is 0.0431 e. The summed E-state index contributed by atoms with van der Waals surface area (Å²) < 4.78 is 0. The lowest BCUT2D eigenvalue weighted by Gasteiger charge is -2.11. The van der Waals surface area contributed by atoms with E-state index in [9.17, 15) is 0 Å². The van der Waals surface area contributed by atoms with Gasteiger partial charge in [-0.25, -0.2) is 0 Å². The minimum atomic E-state index is 0.365. The molecule has 11 heavy (non-hydrogen) atoms. The first-order valence-corrected chi connectivity index (χ1v) is 4.75. The Hall–Kier alpha value is -0.0800. The third-order valence-electron chi connectivity index (χ3n) is 2.47. The SMILES string of the molecule is OCCC[C@@H]1CCCNCC1. The smallest absolute Gasteiger partial charge is 0.0431 e. The molecule has 0 aromatic heterocycles. The zero-order chi connectivity index (χ0) is 7.94. The molecular formula is C9H19NO. The normalized spacial score (nSPS) is 26.5. The van der Waals surface area contributed by atoms with Crippen molar-refractivity contribution in [1.82, 2.24) is 5.32 Å². The van der Waals surface area contributed by atoms with E-state index in [0.29, 0.717) is 6.61 Å². The summed E-state index contributed by atoms with van der Waals surface area (Å²) in [5, 5.41) is 12.0. The zero-order valence-electron chi connectivity index (χ0n) is 7.18. The highest BCUT2D eigenvalue weighted by molar-refractivity contribution is 4.66. The number of aliphatic hydroxyl groups excluding tert-OH is 1. The van der Waals surface area contributed by atoms with E-state index < -0.39 is 0 Å². The summed E-state index contributed by atoms with van der Waals surface area (Å²) in [4.78, 5) is 0. The molecule has 1 atom stereocenters. The molecule has 0 amide bonds. The van der Waals surface area contributed by atoms with Crippen molar-refractivity contribution in [2.75, 3.05) is 19.7 Å². The van der Waals surface area contributed by atoms with Crippen molar-refractivity contribution in [2.45, 2.75) is 32.1 Å². The number of hydrogen-bond acceptors (Lipinski definition) is 2. The highest BCUT2D eigenvalue weighted by Crippen LogP contribution is 2.18. The van der Waals surface area contributed by atoms with Gasteiger partial charge < -0.3 is 10.4 Å². The van der Waals surface area contributed by atoms with Gasteiger partial charge in [0.2, 0.25) is 0 Å². The summed E-state index contributed by atoms with van der Waals surface area (Å²) in [5.74, 6) is 0.872. The standard InChI is InChI=1S/C9H19NO/c11-8-2-4-9-3-1-6-10-7-5-9/h9-11H,1-8H2/t9-/m0/s1. The lowest BCUT2D eigenvalue weighted by atomic mass is 9.96. The van der Waals surface area contributed by atoms with Gasteiger partial charge in [-0.05, 0) is 51.1 Å². The summed E-state index contributed by atoms with van der Waals surface area (Å²) in [6, 6.07) is 0. The van der Waals surface area contributed by atoms with Gasteiger partial charge in [-0.3, -0.25) is 0 Å².